The highest BCUT2D eigenvalue weighted by Gasteiger charge is 2.33. The van der Waals surface area contributed by atoms with Gasteiger partial charge in [0.25, 0.3) is 5.91 Å². The Kier molecular flexibility index (Phi) is 6.22. The second kappa shape index (κ2) is 9.61. The molecular weight excluding hydrogens is 449 g/mol. The van der Waals surface area contributed by atoms with Crippen LogP contribution in [0.1, 0.15) is 28.9 Å². The molecule has 1 aliphatic heterocycles. The van der Waals surface area contributed by atoms with Gasteiger partial charge in [-0.1, -0.05) is 42.5 Å². The standard InChI is InChI=1S/C26H24FN5OS/c27-21-11-5-4-10-20(21)23-24(32-15-16-34-26(32)30-23)25(33)31-14-6-9-19(31)17-29-13-12-22(28)18-7-2-1-3-8-18/h1-5,7-8,10-13,15-16,19H,6,9,14,17,28H2/t19-/m0/s1. The lowest BCUT2D eigenvalue weighted by atomic mass is 10.1. The molecule has 6 nitrogen and oxygen atoms in total. The molecule has 2 N–H and O–H groups in total. The van der Waals surface area contributed by atoms with Gasteiger partial charge in [-0.25, -0.2) is 9.37 Å². The van der Waals surface area contributed by atoms with Crippen molar-refractivity contribution in [2.45, 2.75) is 18.9 Å². The first kappa shape index (κ1) is 22.0. The first-order valence-corrected chi connectivity index (χ1v) is 12.0. The second-order valence-electron chi connectivity index (χ2n) is 8.14. The first-order chi connectivity index (χ1) is 16.6. The van der Waals surface area contributed by atoms with Crippen molar-refractivity contribution in [1.29, 1.82) is 0 Å². The summed E-state index contributed by atoms with van der Waals surface area (Å²) in [6.07, 6.45) is 7.05. The number of carbonyl (C=O) groups excluding carboxylic acids is 1. The van der Waals surface area contributed by atoms with Crippen LogP contribution in [0, 0.1) is 5.82 Å². The number of nitrogens with two attached hydrogens (primary N) is 1. The van der Waals surface area contributed by atoms with Crippen LogP contribution in [0.3, 0.4) is 0 Å². The molecule has 172 valence electrons. The average Bonchev–Trinajstić information content (AvgIpc) is 3.58. The molecule has 0 aliphatic carbocycles. The third kappa shape index (κ3) is 4.24. The van der Waals surface area contributed by atoms with E-state index in [1.165, 1.54) is 17.4 Å². The number of halogens is 1. The van der Waals surface area contributed by atoms with Crippen LogP contribution in [0.4, 0.5) is 4.39 Å². The fraction of sp³-hybridized carbons (Fsp3) is 0.192. The second-order valence-corrected chi connectivity index (χ2v) is 9.01. The van der Waals surface area contributed by atoms with Crippen LogP contribution in [0.2, 0.25) is 0 Å². The van der Waals surface area contributed by atoms with Crippen LogP contribution in [0.5, 0.6) is 0 Å². The Morgan fingerprint density at radius 1 is 1.21 bits per heavy atom. The number of thiazole rings is 1. The number of allylic oxidation sites excluding steroid dienone is 1. The van der Waals surface area contributed by atoms with E-state index in [0.717, 1.165) is 18.4 Å². The zero-order chi connectivity index (χ0) is 23.5. The molecule has 5 rings (SSSR count). The minimum absolute atomic E-state index is 0.0345. The number of hydrogen-bond donors (Lipinski definition) is 1. The topological polar surface area (TPSA) is 76.0 Å². The molecule has 2 aromatic heterocycles. The molecule has 3 heterocycles. The van der Waals surface area contributed by atoms with E-state index in [9.17, 15) is 9.18 Å². The predicted octanol–water partition coefficient (Wildman–Crippen LogP) is 4.88. The normalized spacial score (nSPS) is 16.7. The van der Waals surface area contributed by atoms with Gasteiger partial charge in [0.1, 0.15) is 17.2 Å². The van der Waals surface area contributed by atoms with Crippen molar-refractivity contribution < 1.29 is 9.18 Å². The van der Waals surface area contributed by atoms with E-state index < -0.39 is 5.82 Å². The molecule has 0 spiro atoms. The fourth-order valence-electron chi connectivity index (χ4n) is 4.30. The maximum atomic E-state index is 14.6. The van der Waals surface area contributed by atoms with E-state index in [1.54, 1.807) is 34.9 Å². The van der Waals surface area contributed by atoms with Gasteiger partial charge < -0.3 is 10.6 Å². The molecule has 4 aromatic rings. The minimum atomic E-state index is -0.396. The molecule has 34 heavy (non-hydrogen) atoms. The summed E-state index contributed by atoms with van der Waals surface area (Å²) >= 11 is 1.42. The van der Waals surface area contributed by atoms with Gasteiger partial charge >= 0.3 is 0 Å². The molecule has 0 radical (unpaired) electrons. The van der Waals surface area contributed by atoms with Crippen molar-refractivity contribution in [2.75, 3.05) is 13.1 Å². The van der Waals surface area contributed by atoms with Crippen molar-refractivity contribution in [1.82, 2.24) is 14.3 Å². The summed E-state index contributed by atoms with van der Waals surface area (Å²) in [6.45, 7) is 1.11. The molecule has 0 unspecified atom stereocenters. The van der Waals surface area contributed by atoms with Crippen LogP contribution < -0.4 is 5.73 Å². The summed E-state index contributed by atoms with van der Waals surface area (Å²) in [4.78, 5) is 25.3. The van der Waals surface area contributed by atoms with Crippen molar-refractivity contribution in [3.63, 3.8) is 0 Å². The number of benzene rings is 2. The van der Waals surface area contributed by atoms with E-state index >= 15 is 0 Å². The molecule has 0 bridgehead atoms. The van der Waals surface area contributed by atoms with Crippen LogP contribution in [-0.4, -0.2) is 45.5 Å². The highest BCUT2D eigenvalue weighted by atomic mass is 32.1. The number of aliphatic imine (C=N–C) groups is 1. The molecule has 1 fully saturated rings. The van der Waals surface area contributed by atoms with Gasteiger partial charge in [-0.2, -0.15) is 0 Å². The van der Waals surface area contributed by atoms with E-state index in [0.29, 0.717) is 40.7 Å². The van der Waals surface area contributed by atoms with Crippen LogP contribution in [-0.2, 0) is 0 Å². The Labute approximate surface area is 200 Å². The molecular formula is C26H24FN5OS. The Hall–Kier alpha value is -3.78. The van der Waals surface area contributed by atoms with Gasteiger partial charge in [-0.3, -0.25) is 14.2 Å². The summed E-state index contributed by atoms with van der Waals surface area (Å²) in [5.74, 6) is -0.547. The maximum Gasteiger partial charge on any atom is 0.273 e. The van der Waals surface area contributed by atoms with Crippen LogP contribution in [0.15, 0.2) is 77.2 Å². The molecule has 0 saturated carbocycles. The highest BCUT2D eigenvalue weighted by molar-refractivity contribution is 7.15. The number of nitrogens with zero attached hydrogens (tertiary/aromatic N) is 4. The molecule has 2 aromatic carbocycles. The van der Waals surface area contributed by atoms with E-state index in [1.807, 2.05) is 46.8 Å². The van der Waals surface area contributed by atoms with Gasteiger partial charge in [-0.05, 0) is 36.6 Å². The third-order valence-corrected chi connectivity index (χ3v) is 6.77. The quantitative estimate of drug-likeness (QED) is 0.406. The van der Waals surface area contributed by atoms with Crippen molar-refractivity contribution in [2.24, 2.45) is 10.7 Å². The smallest absolute Gasteiger partial charge is 0.273 e. The number of rotatable bonds is 6. The lowest BCUT2D eigenvalue weighted by Gasteiger charge is -2.23. The third-order valence-electron chi connectivity index (χ3n) is 6.01. The predicted molar refractivity (Wildman–Crippen MR) is 134 cm³/mol. The number of carbonyl (C=O) groups is 1. The van der Waals surface area contributed by atoms with E-state index in [-0.39, 0.29) is 11.9 Å². The number of likely N-dealkylation sites (tertiary alicyclic amines) is 1. The van der Waals surface area contributed by atoms with Gasteiger partial charge in [0.05, 0.1) is 12.6 Å². The van der Waals surface area contributed by atoms with Crippen molar-refractivity contribution in [3.05, 3.63) is 89.3 Å². The van der Waals surface area contributed by atoms with Crippen molar-refractivity contribution >= 4 is 34.1 Å². The maximum absolute atomic E-state index is 14.6. The highest BCUT2D eigenvalue weighted by Crippen LogP contribution is 2.31. The number of fused-ring (bicyclic) bond motifs is 1. The monoisotopic (exact) mass is 473 g/mol. The molecule has 1 saturated heterocycles. The number of amides is 1. The summed E-state index contributed by atoms with van der Waals surface area (Å²) < 4.78 is 16.4. The SMILES string of the molecule is NC(=CC=NC[C@@H]1CCCN1C(=O)c1c(-c2ccccc2F)nc2sccn12)c1ccccc1. The minimum Gasteiger partial charge on any atom is -0.398 e. The zero-order valence-corrected chi connectivity index (χ0v) is 19.3. The van der Waals surface area contributed by atoms with Gasteiger partial charge in [0.2, 0.25) is 0 Å². The number of hydrogen-bond acceptors (Lipinski definition) is 5. The van der Waals surface area contributed by atoms with Gasteiger partial charge in [0.15, 0.2) is 4.96 Å². The molecule has 1 atom stereocenters. The number of aromatic nitrogens is 2. The Bertz CT molecular complexity index is 1370. The Balaban J connectivity index is 1.38. The molecule has 1 aliphatic rings. The van der Waals surface area contributed by atoms with E-state index in [2.05, 4.69) is 9.98 Å². The lowest BCUT2D eigenvalue weighted by Crippen LogP contribution is -2.38. The first-order valence-electron chi connectivity index (χ1n) is 11.2. The van der Waals surface area contributed by atoms with Gasteiger partial charge in [0, 0.05) is 35.6 Å². The van der Waals surface area contributed by atoms with Gasteiger partial charge in [-0.15, -0.1) is 11.3 Å². The van der Waals surface area contributed by atoms with Crippen LogP contribution in [0.25, 0.3) is 21.9 Å². The largest absolute Gasteiger partial charge is 0.398 e. The fourth-order valence-corrected chi connectivity index (χ4v) is 5.02. The Morgan fingerprint density at radius 2 is 2.00 bits per heavy atom. The summed E-state index contributed by atoms with van der Waals surface area (Å²) in [7, 11) is 0. The average molecular weight is 474 g/mol. The van der Waals surface area contributed by atoms with Crippen molar-refractivity contribution in [3.8, 4) is 11.3 Å². The van der Waals surface area contributed by atoms with E-state index in [4.69, 9.17) is 5.73 Å². The lowest BCUT2D eigenvalue weighted by molar-refractivity contribution is 0.0735. The number of imidazole rings is 1. The molecule has 1 amide bonds. The summed E-state index contributed by atoms with van der Waals surface area (Å²) in [5, 5.41) is 1.87. The summed E-state index contributed by atoms with van der Waals surface area (Å²) in [6, 6.07) is 16.1. The Morgan fingerprint density at radius 3 is 2.82 bits per heavy atom. The summed E-state index contributed by atoms with van der Waals surface area (Å²) in [5.41, 5.74) is 8.80. The zero-order valence-electron chi connectivity index (χ0n) is 18.5. The van der Waals surface area contributed by atoms with Crippen LogP contribution >= 0.6 is 11.3 Å². The molecule has 8 heteroatoms.